The van der Waals surface area contributed by atoms with Crippen molar-refractivity contribution in [1.82, 2.24) is 15.2 Å². The average molecular weight is 185 g/mol. The summed E-state index contributed by atoms with van der Waals surface area (Å²) < 4.78 is 11.3. The first-order valence-electron chi connectivity index (χ1n) is 3.98. The fraction of sp³-hybridized carbons (Fsp3) is 0.714. The van der Waals surface area contributed by atoms with Crippen molar-refractivity contribution in [2.45, 2.75) is 24.5 Å². The molecular formula is C7H11N3OS. The molecule has 0 aliphatic carbocycles. The Hall–Kier alpha value is -0.710. The first-order valence-corrected chi connectivity index (χ1v) is 5.30. The van der Waals surface area contributed by atoms with Crippen LogP contribution in [0, 0.1) is 0 Å². The molecule has 0 saturated carbocycles. The molecule has 1 fully saturated rings. The second-order valence-electron chi connectivity index (χ2n) is 3.22. The maximum absolute atomic E-state index is 11.6. The molecule has 2 atom stereocenters. The van der Waals surface area contributed by atoms with Gasteiger partial charge in [0.05, 0.1) is 0 Å². The molecule has 1 saturated heterocycles. The number of nitrogens with zero attached hydrogens (tertiary/aromatic N) is 2. The summed E-state index contributed by atoms with van der Waals surface area (Å²) in [6.45, 7) is 1.98. The van der Waals surface area contributed by atoms with Crippen molar-refractivity contribution in [3.63, 3.8) is 0 Å². The molecule has 66 valence electrons. The van der Waals surface area contributed by atoms with Crippen LogP contribution in [0.3, 0.4) is 0 Å². The number of hydrogen-bond donors (Lipinski definition) is 1. The lowest BCUT2D eigenvalue weighted by Gasteiger charge is -2.17. The molecule has 0 radical (unpaired) electrons. The molecule has 0 aromatic carbocycles. The SMILES string of the molecule is CC1(c2ncn[nH]2)CCCS1=O. The highest BCUT2D eigenvalue weighted by Crippen LogP contribution is 2.35. The molecule has 12 heavy (non-hydrogen) atoms. The van der Waals surface area contributed by atoms with Gasteiger partial charge >= 0.3 is 0 Å². The van der Waals surface area contributed by atoms with Gasteiger partial charge in [0.2, 0.25) is 0 Å². The highest BCUT2D eigenvalue weighted by atomic mass is 32.2. The van der Waals surface area contributed by atoms with Crippen LogP contribution in [-0.4, -0.2) is 25.1 Å². The van der Waals surface area contributed by atoms with Crippen molar-refractivity contribution in [2.24, 2.45) is 0 Å². The zero-order valence-corrected chi connectivity index (χ0v) is 7.73. The zero-order chi connectivity index (χ0) is 8.60. The van der Waals surface area contributed by atoms with E-state index >= 15 is 0 Å². The van der Waals surface area contributed by atoms with E-state index in [4.69, 9.17) is 0 Å². The van der Waals surface area contributed by atoms with Crippen LogP contribution in [0.15, 0.2) is 6.33 Å². The highest BCUT2D eigenvalue weighted by Gasteiger charge is 2.40. The maximum atomic E-state index is 11.6. The van der Waals surface area contributed by atoms with Gasteiger partial charge < -0.3 is 0 Å². The van der Waals surface area contributed by atoms with E-state index < -0.39 is 10.8 Å². The van der Waals surface area contributed by atoms with E-state index in [2.05, 4.69) is 15.2 Å². The van der Waals surface area contributed by atoms with Crippen molar-refractivity contribution < 1.29 is 4.21 Å². The summed E-state index contributed by atoms with van der Waals surface area (Å²) in [6, 6.07) is 0. The highest BCUT2D eigenvalue weighted by molar-refractivity contribution is 7.86. The van der Waals surface area contributed by atoms with Crippen LogP contribution in [0.25, 0.3) is 0 Å². The van der Waals surface area contributed by atoms with Gasteiger partial charge in [-0.2, -0.15) is 5.10 Å². The minimum absolute atomic E-state index is 0.281. The number of aromatic amines is 1. The monoisotopic (exact) mass is 185 g/mol. The molecular weight excluding hydrogens is 174 g/mol. The molecule has 1 N–H and O–H groups in total. The smallest absolute Gasteiger partial charge is 0.142 e. The van der Waals surface area contributed by atoms with Crippen LogP contribution in [0.4, 0.5) is 0 Å². The normalized spacial score (nSPS) is 35.6. The van der Waals surface area contributed by atoms with Crippen molar-refractivity contribution in [3.05, 3.63) is 12.2 Å². The molecule has 1 aromatic heterocycles. The number of rotatable bonds is 1. The van der Waals surface area contributed by atoms with Gasteiger partial charge in [0.1, 0.15) is 16.9 Å². The van der Waals surface area contributed by atoms with Gasteiger partial charge in [-0.05, 0) is 19.8 Å². The number of nitrogens with one attached hydrogen (secondary N) is 1. The van der Waals surface area contributed by atoms with Gasteiger partial charge in [0.15, 0.2) is 0 Å². The van der Waals surface area contributed by atoms with Crippen LogP contribution in [0.1, 0.15) is 25.6 Å². The lowest BCUT2D eigenvalue weighted by atomic mass is 10.1. The Bertz CT molecular complexity index is 298. The number of hydrogen-bond acceptors (Lipinski definition) is 3. The average Bonchev–Trinajstić information content (AvgIpc) is 2.62. The summed E-state index contributed by atoms with van der Waals surface area (Å²) in [6.07, 6.45) is 3.43. The largest absolute Gasteiger partial charge is 0.262 e. The Labute approximate surface area is 73.2 Å². The van der Waals surface area contributed by atoms with E-state index in [9.17, 15) is 4.21 Å². The molecule has 1 aliphatic heterocycles. The fourth-order valence-corrected chi connectivity index (χ4v) is 3.11. The molecule has 2 rings (SSSR count). The summed E-state index contributed by atoms with van der Waals surface area (Å²) in [5, 5.41) is 6.57. The van der Waals surface area contributed by atoms with Gasteiger partial charge in [-0.1, -0.05) is 0 Å². The quantitative estimate of drug-likeness (QED) is 0.695. The Morgan fingerprint density at radius 3 is 3.08 bits per heavy atom. The van der Waals surface area contributed by atoms with Crippen molar-refractivity contribution in [1.29, 1.82) is 0 Å². The predicted octanol–water partition coefficient (Wildman–Crippen LogP) is 0.562. The van der Waals surface area contributed by atoms with Crippen LogP contribution >= 0.6 is 0 Å². The second kappa shape index (κ2) is 2.65. The van der Waals surface area contributed by atoms with Crippen LogP contribution in [-0.2, 0) is 15.5 Å². The van der Waals surface area contributed by atoms with Gasteiger partial charge in [-0.3, -0.25) is 9.31 Å². The standard InChI is InChI=1S/C7H11N3OS/c1-7(3-2-4-12(7)11)6-8-5-9-10-6/h5H,2-4H2,1H3,(H,8,9,10). The van der Waals surface area contributed by atoms with E-state index in [1.165, 1.54) is 6.33 Å². The zero-order valence-electron chi connectivity index (χ0n) is 6.91. The first kappa shape index (κ1) is 7.91. The Morgan fingerprint density at radius 1 is 1.75 bits per heavy atom. The Kier molecular flexibility index (Phi) is 1.75. The molecule has 0 spiro atoms. The van der Waals surface area contributed by atoms with E-state index in [1.807, 2.05) is 6.92 Å². The topological polar surface area (TPSA) is 58.6 Å². The molecule has 5 heteroatoms. The lowest BCUT2D eigenvalue weighted by Crippen LogP contribution is -2.24. The summed E-state index contributed by atoms with van der Waals surface area (Å²) >= 11 is 0. The second-order valence-corrected chi connectivity index (χ2v) is 5.22. The lowest BCUT2D eigenvalue weighted by molar-refractivity contribution is 0.582. The third-order valence-electron chi connectivity index (χ3n) is 2.40. The Balaban J connectivity index is 2.38. The van der Waals surface area contributed by atoms with E-state index in [0.29, 0.717) is 0 Å². The van der Waals surface area contributed by atoms with E-state index in [-0.39, 0.29) is 4.75 Å². The van der Waals surface area contributed by atoms with Crippen LogP contribution < -0.4 is 0 Å². The summed E-state index contributed by atoms with van der Waals surface area (Å²) in [4.78, 5) is 4.06. The molecule has 1 aromatic rings. The summed E-state index contributed by atoms with van der Waals surface area (Å²) in [5.41, 5.74) is 0. The minimum Gasteiger partial charge on any atom is -0.262 e. The molecule has 2 heterocycles. The van der Waals surface area contributed by atoms with Crippen molar-refractivity contribution in [3.8, 4) is 0 Å². The van der Waals surface area contributed by atoms with Crippen molar-refractivity contribution in [2.75, 3.05) is 5.75 Å². The number of H-pyrrole nitrogens is 1. The van der Waals surface area contributed by atoms with Gasteiger partial charge in [0.25, 0.3) is 0 Å². The van der Waals surface area contributed by atoms with Gasteiger partial charge in [-0.15, -0.1) is 0 Å². The molecule has 2 unspecified atom stereocenters. The van der Waals surface area contributed by atoms with E-state index in [1.54, 1.807) is 0 Å². The molecule has 4 nitrogen and oxygen atoms in total. The van der Waals surface area contributed by atoms with Gasteiger partial charge in [-0.25, -0.2) is 4.98 Å². The third-order valence-corrected chi connectivity index (χ3v) is 4.46. The van der Waals surface area contributed by atoms with Crippen LogP contribution in [0.5, 0.6) is 0 Å². The Morgan fingerprint density at radius 2 is 2.58 bits per heavy atom. The molecule has 0 bridgehead atoms. The first-order chi connectivity index (χ1) is 5.73. The summed E-state index contributed by atoms with van der Waals surface area (Å²) in [7, 11) is -0.789. The third kappa shape index (κ3) is 0.998. The fourth-order valence-electron chi connectivity index (χ4n) is 1.57. The molecule has 0 amide bonds. The number of aromatic nitrogens is 3. The van der Waals surface area contributed by atoms with Crippen LogP contribution in [0.2, 0.25) is 0 Å². The van der Waals surface area contributed by atoms with Gasteiger partial charge in [0, 0.05) is 16.6 Å². The minimum atomic E-state index is -0.789. The summed E-state index contributed by atoms with van der Waals surface area (Å²) in [5.74, 6) is 1.55. The maximum Gasteiger partial charge on any atom is 0.142 e. The van der Waals surface area contributed by atoms with E-state index in [0.717, 1.165) is 24.4 Å². The van der Waals surface area contributed by atoms with Crippen molar-refractivity contribution >= 4 is 10.8 Å². The predicted molar refractivity (Wildman–Crippen MR) is 46.0 cm³/mol. The molecule has 1 aliphatic rings.